The summed E-state index contributed by atoms with van der Waals surface area (Å²) in [5, 5.41) is 15.6. The first-order chi connectivity index (χ1) is 18.4. The number of hydrogen-bond acceptors (Lipinski definition) is 6. The van der Waals surface area contributed by atoms with Crippen LogP contribution in [0.1, 0.15) is 42.3 Å². The molecular formula is C26H25ClF3N7OS. The first-order valence-electron chi connectivity index (χ1n) is 11.8. The summed E-state index contributed by atoms with van der Waals surface area (Å²) in [4.78, 5) is 22.4. The van der Waals surface area contributed by atoms with E-state index in [1.807, 2.05) is 32.0 Å². The van der Waals surface area contributed by atoms with Gasteiger partial charge in [-0.1, -0.05) is 25.4 Å². The Kier molecular flexibility index (Phi) is 8.36. The van der Waals surface area contributed by atoms with Crippen LogP contribution in [0.15, 0.2) is 58.6 Å². The van der Waals surface area contributed by atoms with E-state index in [9.17, 15) is 18.0 Å². The number of urea groups is 1. The minimum Gasteiger partial charge on any atom is -0.325 e. The molecule has 204 valence electrons. The number of amides is 2. The van der Waals surface area contributed by atoms with Crippen LogP contribution in [-0.2, 0) is 6.18 Å². The molecule has 39 heavy (non-hydrogen) atoms. The van der Waals surface area contributed by atoms with Gasteiger partial charge >= 0.3 is 12.2 Å². The normalized spacial score (nSPS) is 11.5. The van der Waals surface area contributed by atoms with E-state index in [2.05, 4.69) is 50.0 Å². The summed E-state index contributed by atoms with van der Waals surface area (Å²) in [6.07, 6.45) is -4.63. The number of carbonyl (C=O) groups excluding carboxylic acids is 1. The summed E-state index contributed by atoms with van der Waals surface area (Å²) in [5.41, 5.74) is 1.97. The van der Waals surface area contributed by atoms with Crippen molar-refractivity contribution in [3.05, 3.63) is 76.1 Å². The van der Waals surface area contributed by atoms with Gasteiger partial charge in [0.15, 0.2) is 5.16 Å². The SMILES string of the molecule is Cc1cc(Nc2cc(C(C)C)n[nH]2)nc(Sc2ccc(NC(=O)Nc3ccc(Cl)c(C(F)(F)F)c3)cc2C)n1. The highest BCUT2D eigenvalue weighted by Gasteiger charge is 2.33. The summed E-state index contributed by atoms with van der Waals surface area (Å²) in [6.45, 7) is 7.87. The van der Waals surface area contributed by atoms with Crippen LogP contribution in [0.3, 0.4) is 0 Å². The molecule has 4 N–H and O–H groups in total. The largest absolute Gasteiger partial charge is 0.417 e. The number of H-pyrrole nitrogens is 1. The van der Waals surface area contributed by atoms with Gasteiger partial charge in [-0.3, -0.25) is 5.10 Å². The molecule has 0 aliphatic rings. The standard InChI is InChI=1S/C26H25ClF3N7OS/c1-13(2)20-12-23(37-36-20)34-22-10-15(4)31-25(35-22)39-21-8-6-16(9-14(21)3)32-24(38)33-17-5-7-19(27)18(11-17)26(28,29)30/h5-13H,1-4H3,(H2,32,33,38)(H2,31,34,35,36,37). The number of aromatic amines is 1. The molecule has 4 aromatic rings. The van der Waals surface area contributed by atoms with Crippen molar-refractivity contribution in [1.82, 2.24) is 20.2 Å². The Balaban J connectivity index is 1.42. The molecule has 8 nitrogen and oxygen atoms in total. The van der Waals surface area contributed by atoms with Crippen molar-refractivity contribution >= 4 is 52.4 Å². The lowest BCUT2D eigenvalue weighted by molar-refractivity contribution is -0.137. The van der Waals surface area contributed by atoms with E-state index in [1.165, 1.54) is 17.8 Å². The third-order valence-electron chi connectivity index (χ3n) is 5.45. The summed E-state index contributed by atoms with van der Waals surface area (Å²) >= 11 is 7.00. The fourth-order valence-corrected chi connectivity index (χ4v) is 4.65. The molecule has 0 aliphatic heterocycles. The van der Waals surface area contributed by atoms with Crippen LogP contribution in [0, 0.1) is 13.8 Å². The van der Waals surface area contributed by atoms with Gasteiger partial charge in [-0.25, -0.2) is 14.8 Å². The number of rotatable bonds is 7. The van der Waals surface area contributed by atoms with Gasteiger partial charge in [0.05, 0.1) is 16.3 Å². The van der Waals surface area contributed by atoms with Crippen LogP contribution in [-0.4, -0.2) is 26.2 Å². The van der Waals surface area contributed by atoms with Gasteiger partial charge in [0.25, 0.3) is 0 Å². The van der Waals surface area contributed by atoms with Gasteiger partial charge in [-0.05, 0) is 73.5 Å². The summed E-state index contributed by atoms with van der Waals surface area (Å²) in [7, 11) is 0. The fourth-order valence-electron chi connectivity index (χ4n) is 3.54. The number of benzene rings is 2. The maximum atomic E-state index is 13.1. The first kappa shape index (κ1) is 28.2. The first-order valence-corrected chi connectivity index (χ1v) is 13.0. The zero-order valence-corrected chi connectivity index (χ0v) is 22.9. The molecule has 0 unspecified atom stereocenters. The molecular weight excluding hydrogens is 551 g/mol. The number of alkyl halides is 3. The number of hydrogen-bond donors (Lipinski definition) is 4. The second kappa shape index (κ2) is 11.5. The Morgan fingerprint density at radius 2 is 1.69 bits per heavy atom. The highest BCUT2D eigenvalue weighted by molar-refractivity contribution is 7.99. The third-order valence-corrected chi connectivity index (χ3v) is 6.82. The van der Waals surface area contributed by atoms with Crippen molar-refractivity contribution < 1.29 is 18.0 Å². The highest BCUT2D eigenvalue weighted by Crippen LogP contribution is 2.36. The Morgan fingerprint density at radius 3 is 2.33 bits per heavy atom. The predicted molar refractivity (Wildman–Crippen MR) is 147 cm³/mol. The van der Waals surface area contributed by atoms with Gasteiger partial charge < -0.3 is 16.0 Å². The lowest BCUT2D eigenvalue weighted by Crippen LogP contribution is -2.20. The van der Waals surface area contributed by atoms with Crippen molar-refractivity contribution in [2.24, 2.45) is 0 Å². The van der Waals surface area contributed by atoms with E-state index >= 15 is 0 Å². The second-order valence-corrected chi connectivity index (χ2v) is 10.4. The maximum Gasteiger partial charge on any atom is 0.417 e. The Hall–Kier alpha value is -3.77. The Morgan fingerprint density at radius 1 is 1.00 bits per heavy atom. The van der Waals surface area contributed by atoms with E-state index in [0.29, 0.717) is 22.6 Å². The minimum atomic E-state index is -4.63. The monoisotopic (exact) mass is 575 g/mol. The quantitative estimate of drug-likeness (QED) is 0.166. The average molecular weight is 576 g/mol. The van der Waals surface area contributed by atoms with E-state index in [0.717, 1.165) is 39.8 Å². The molecule has 0 spiro atoms. The molecule has 0 bridgehead atoms. The van der Waals surface area contributed by atoms with Crippen molar-refractivity contribution in [2.45, 2.75) is 49.8 Å². The number of nitrogens with one attached hydrogen (secondary N) is 4. The van der Waals surface area contributed by atoms with Crippen LogP contribution < -0.4 is 16.0 Å². The van der Waals surface area contributed by atoms with Gasteiger partial charge in [-0.15, -0.1) is 0 Å². The number of carbonyl (C=O) groups is 1. The number of anilines is 4. The van der Waals surface area contributed by atoms with Gasteiger partial charge in [0, 0.05) is 34.1 Å². The lowest BCUT2D eigenvalue weighted by Gasteiger charge is -2.13. The summed E-state index contributed by atoms with van der Waals surface area (Å²) < 4.78 is 39.3. The van der Waals surface area contributed by atoms with Crippen LogP contribution in [0.5, 0.6) is 0 Å². The molecule has 0 radical (unpaired) electrons. The number of halogens is 4. The molecule has 2 aromatic carbocycles. The van der Waals surface area contributed by atoms with Gasteiger partial charge in [0.2, 0.25) is 0 Å². The highest BCUT2D eigenvalue weighted by atomic mass is 35.5. The summed E-state index contributed by atoms with van der Waals surface area (Å²) in [6, 6.07) is 11.5. The lowest BCUT2D eigenvalue weighted by atomic mass is 10.1. The van der Waals surface area contributed by atoms with Crippen LogP contribution in [0.4, 0.5) is 41.0 Å². The number of nitrogens with zero attached hydrogens (tertiary/aromatic N) is 3. The van der Waals surface area contributed by atoms with Crippen molar-refractivity contribution in [1.29, 1.82) is 0 Å². The van der Waals surface area contributed by atoms with Crippen molar-refractivity contribution in [3.63, 3.8) is 0 Å². The fraction of sp³-hybridized carbons (Fsp3) is 0.231. The molecule has 0 aliphatic carbocycles. The second-order valence-electron chi connectivity index (χ2n) is 9.02. The Labute approximate surface area is 232 Å². The van der Waals surface area contributed by atoms with Crippen LogP contribution >= 0.6 is 23.4 Å². The predicted octanol–water partition coefficient (Wildman–Crippen LogP) is 8.15. The van der Waals surface area contributed by atoms with Gasteiger partial charge in [0.1, 0.15) is 11.6 Å². The molecule has 0 saturated carbocycles. The minimum absolute atomic E-state index is 0.0373. The molecule has 2 amide bonds. The summed E-state index contributed by atoms with van der Waals surface area (Å²) in [5.74, 6) is 1.64. The molecule has 2 heterocycles. The molecule has 2 aromatic heterocycles. The Bertz CT molecular complexity index is 1510. The average Bonchev–Trinajstić information content (AvgIpc) is 3.30. The molecule has 0 atom stereocenters. The van der Waals surface area contributed by atoms with Crippen molar-refractivity contribution in [2.75, 3.05) is 16.0 Å². The van der Waals surface area contributed by atoms with Crippen LogP contribution in [0.25, 0.3) is 0 Å². The zero-order valence-electron chi connectivity index (χ0n) is 21.4. The molecule has 13 heteroatoms. The van der Waals surface area contributed by atoms with E-state index < -0.39 is 22.8 Å². The molecule has 4 rings (SSSR count). The smallest absolute Gasteiger partial charge is 0.325 e. The number of aromatic nitrogens is 4. The van der Waals surface area contributed by atoms with Crippen LogP contribution in [0.2, 0.25) is 5.02 Å². The number of aryl methyl sites for hydroxylation is 2. The van der Waals surface area contributed by atoms with E-state index in [1.54, 1.807) is 12.1 Å². The molecule has 0 fully saturated rings. The van der Waals surface area contributed by atoms with Crippen molar-refractivity contribution in [3.8, 4) is 0 Å². The van der Waals surface area contributed by atoms with Gasteiger partial charge in [-0.2, -0.15) is 18.3 Å². The van der Waals surface area contributed by atoms with E-state index in [4.69, 9.17) is 11.6 Å². The maximum absolute atomic E-state index is 13.1. The zero-order chi connectivity index (χ0) is 28.3. The third kappa shape index (κ3) is 7.42. The topological polar surface area (TPSA) is 108 Å². The van der Waals surface area contributed by atoms with E-state index in [-0.39, 0.29) is 5.69 Å². The molecule has 0 saturated heterocycles.